The quantitative estimate of drug-likeness (QED) is 0.123. The van der Waals surface area contributed by atoms with Gasteiger partial charge in [-0.1, -0.05) is 72.8 Å². The van der Waals surface area contributed by atoms with Gasteiger partial charge in [0.25, 0.3) is 0 Å². The van der Waals surface area contributed by atoms with Crippen LogP contribution < -0.4 is 14.8 Å². The number of rotatable bonds is 9. The van der Waals surface area contributed by atoms with E-state index >= 15 is 0 Å². The first kappa shape index (κ1) is 39.0. The number of amides is 1. The van der Waals surface area contributed by atoms with Crippen LogP contribution in [-0.2, 0) is 10.3 Å². The number of aromatic hydroxyl groups is 2. The maximum atomic E-state index is 13.9. The van der Waals surface area contributed by atoms with Crippen LogP contribution in [0.4, 0.5) is 0 Å². The summed E-state index contributed by atoms with van der Waals surface area (Å²) in [4.78, 5) is 25.6. The number of ether oxygens (including phenoxy) is 2. The second-order valence-electron chi connectivity index (χ2n) is 14.8. The lowest BCUT2D eigenvalue weighted by Gasteiger charge is -2.46. The Balaban J connectivity index is 0.00000484. The van der Waals surface area contributed by atoms with Crippen molar-refractivity contribution in [3.05, 3.63) is 155 Å². The second-order valence-corrected chi connectivity index (χ2v) is 14.8. The van der Waals surface area contributed by atoms with E-state index in [2.05, 4.69) is 5.32 Å². The average Bonchev–Trinajstić information content (AvgIpc) is 3.72. The van der Waals surface area contributed by atoms with Crippen molar-refractivity contribution in [3.63, 3.8) is 0 Å². The van der Waals surface area contributed by atoms with Crippen LogP contribution in [-0.4, -0.2) is 60.3 Å². The number of para-hydroxylation sites is 4. The van der Waals surface area contributed by atoms with Gasteiger partial charge in [-0.15, -0.1) is 12.4 Å². The lowest BCUT2D eigenvalue weighted by molar-refractivity contribution is -0.124. The fourth-order valence-corrected chi connectivity index (χ4v) is 8.47. The molecule has 0 saturated carbocycles. The number of piperazine rings is 1. The number of aromatic nitrogens is 4. The molecule has 4 aromatic carbocycles. The molecule has 59 heavy (non-hydrogen) atoms. The number of aryl methyl sites for hydroxylation is 4. The summed E-state index contributed by atoms with van der Waals surface area (Å²) in [7, 11) is 0. The number of nitrogens with zero attached hydrogens (tertiary/aromatic N) is 5. The largest absolute Gasteiger partial charge is 0.506 e. The van der Waals surface area contributed by atoms with Gasteiger partial charge in [0.2, 0.25) is 18.2 Å². The van der Waals surface area contributed by atoms with Crippen LogP contribution in [0.2, 0.25) is 0 Å². The van der Waals surface area contributed by atoms with Crippen LogP contribution in [0.1, 0.15) is 33.4 Å². The van der Waals surface area contributed by atoms with E-state index in [1.165, 1.54) is 12.4 Å². The van der Waals surface area contributed by atoms with Crippen molar-refractivity contribution >= 4 is 40.9 Å². The zero-order valence-electron chi connectivity index (χ0n) is 33.0. The third kappa shape index (κ3) is 6.39. The van der Waals surface area contributed by atoms with Crippen molar-refractivity contribution in [2.75, 3.05) is 19.6 Å². The number of hydrogen-bond donors (Lipinski definition) is 3. The molecule has 1 aliphatic rings. The van der Waals surface area contributed by atoms with Gasteiger partial charge in [0.1, 0.15) is 28.5 Å². The number of halogens is 1. The molecule has 0 bridgehead atoms. The van der Waals surface area contributed by atoms with Crippen LogP contribution in [0, 0.1) is 27.7 Å². The van der Waals surface area contributed by atoms with Crippen LogP contribution in [0.15, 0.2) is 122 Å². The molecule has 0 radical (unpaired) electrons. The predicted molar refractivity (Wildman–Crippen MR) is 231 cm³/mol. The fraction of sp³-hybridized carbons (Fsp3) is 0.170. The molecule has 0 unspecified atom stereocenters. The first-order valence-corrected chi connectivity index (χ1v) is 19.2. The standard InChI is InChI=1S/C47H42N6O5.ClH/c1-29-13-11-14-30(2)43(29)57-45-39(41-37(23-35(55)25-49-41)52(45)33-17-7-5-8-18-33)47(27-48-21-22-51(47)28-54)40-42-38(24-36(56)26-50-42)53(34-19-9-6-10-20-34)46(40)58-44-31(3)15-12-16-32(44)4;/h5-20,23-26,28,48,55-56H,21-22,27H2,1-4H3;1H. The number of carbonyl (C=O) groups excluding carboxylic acids is 1. The highest BCUT2D eigenvalue weighted by atomic mass is 35.5. The van der Waals surface area contributed by atoms with Crippen LogP contribution in [0.25, 0.3) is 33.4 Å². The van der Waals surface area contributed by atoms with Crippen LogP contribution in [0.5, 0.6) is 34.8 Å². The average molecular weight is 807 g/mol. The second kappa shape index (κ2) is 15.5. The molecule has 0 aliphatic carbocycles. The van der Waals surface area contributed by atoms with Gasteiger partial charge >= 0.3 is 0 Å². The first-order valence-electron chi connectivity index (χ1n) is 19.2. The topological polar surface area (TPSA) is 127 Å². The van der Waals surface area contributed by atoms with Gasteiger partial charge in [-0.2, -0.15) is 0 Å². The zero-order valence-corrected chi connectivity index (χ0v) is 33.8. The molecule has 1 aliphatic heterocycles. The Kier molecular flexibility index (Phi) is 10.3. The third-order valence-electron chi connectivity index (χ3n) is 11.1. The van der Waals surface area contributed by atoms with E-state index in [0.29, 0.717) is 69.5 Å². The van der Waals surface area contributed by atoms with E-state index in [-0.39, 0.29) is 30.5 Å². The number of fused-ring (bicyclic) bond motifs is 2. The molecule has 11 nitrogen and oxygen atoms in total. The number of benzene rings is 4. The lowest BCUT2D eigenvalue weighted by Crippen LogP contribution is -2.59. The number of nitrogens with one attached hydrogen (secondary N) is 1. The Morgan fingerprint density at radius 2 is 1.07 bits per heavy atom. The molecule has 298 valence electrons. The summed E-state index contributed by atoms with van der Waals surface area (Å²) in [6.07, 6.45) is 3.69. The molecule has 1 saturated heterocycles. The summed E-state index contributed by atoms with van der Waals surface area (Å²) >= 11 is 0. The molecule has 5 heterocycles. The van der Waals surface area contributed by atoms with Gasteiger partial charge in [-0.25, -0.2) is 0 Å². The minimum atomic E-state index is -1.43. The number of hydrogen-bond acceptors (Lipinski definition) is 8. The van der Waals surface area contributed by atoms with Gasteiger partial charge in [0, 0.05) is 43.1 Å². The van der Waals surface area contributed by atoms with Crippen molar-refractivity contribution in [3.8, 4) is 46.1 Å². The fourth-order valence-electron chi connectivity index (χ4n) is 8.47. The van der Waals surface area contributed by atoms with Crippen molar-refractivity contribution in [2.24, 2.45) is 0 Å². The van der Waals surface area contributed by atoms with E-state index in [1.54, 1.807) is 17.0 Å². The lowest BCUT2D eigenvalue weighted by atomic mass is 9.80. The Labute approximate surface area is 347 Å². The van der Waals surface area contributed by atoms with E-state index in [1.807, 2.05) is 134 Å². The Morgan fingerprint density at radius 1 is 0.644 bits per heavy atom. The van der Waals surface area contributed by atoms with E-state index in [0.717, 1.165) is 40.0 Å². The molecule has 8 aromatic rings. The summed E-state index contributed by atoms with van der Waals surface area (Å²) < 4.78 is 18.4. The molecule has 12 heteroatoms. The van der Waals surface area contributed by atoms with Crippen LogP contribution >= 0.6 is 12.4 Å². The van der Waals surface area contributed by atoms with Gasteiger partial charge < -0.3 is 29.9 Å². The summed E-state index contributed by atoms with van der Waals surface area (Å²) in [6, 6.07) is 34.8. The smallest absolute Gasteiger partial charge is 0.213 e. The molecular formula is C47H43ClN6O5. The normalized spacial score (nSPS) is 13.7. The molecule has 9 rings (SSSR count). The predicted octanol–water partition coefficient (Wildman–Crippen LogP) is 9.32. The van der Waals surface area contributed by atoms with Crippen molar-refractivity contribution < 1.29 is 24.5 Å². The van der Waals surface area contributed by atoms with Crippen LogP contribution in [0.3, 0.4) is 0 Å². The molecule has 4 aromatic heterocycles. The van der Waals surface area contributed by atoms with Gasteiger partial charge in [0.15, 0.2) is 0 Å². The minimum Gasteiger partial charge on any atom is -0.506 e. The molecule has 3 N–H and O–H groups in total. The first-order chi connectivity index (χ1) is 28.2. The highest BCUT2D eigenvalue weighted by Gasteiger charge is 2.52. The Bertz CT molecular complexity index is 2640. The SMILES string of the molecule is Cc1cccc(C)c1Oc1c(C2(c3c(Oc4c(C)cccc4C)n(-c4ccccc4)c4cc(O)cnc34)CNCCN2C=O)c2ncc(O)cc2n1-c1ccccc1.Cl. The molecule has 0 atom stereocenters. The summed E-state index contributed by atoms with van der Waals surface area (Å²) in [6.45, 7) is 9.01. The van der Waals surface area contributed by atoms with Crippen molar-refractivity contribution in [2.45, 2.75) is 33.2 Å². The maximum absolute atomic E-state index is 13.9. The van der Waals surface area contributed by atoms with Gasteiger partial charge in [0.05, 0.1) is 45.6 Å². The summed E-state index contributed by atoms with van der Waals surface area (Å²) in [5.41, 5.74) is 6.95. The van der Waals surface area contributed by atoms with E-state index in [4.69, 9.17) is 19.4 Å². The maximum Gasteiger partial charge on any atom is 0.213 e. The summed E-state index contributed by atoms with van der Waals surface area (Å²) in [5, 5.41) is 25.8. The molecular weight excluding hydrogens is 764 g/mol. The van der Waals surface area contributed by atoms with Gasteiger partial charge in [-0.3, -0.25) is 23.9 Å². The number of pyridine rings is 2. The molecule has 0 spiro atoms. The Hall–Kier alpha value is -6.82. The highest BCUT2D eigenvalue weighted by Crippen LogP contribution is 2.55. The number of carbonyl (C=O) groups is 1. The van der Waals surface area contributed by atoms with Crippen molar-refractivity contribution in [1.82, 2.24) is 29.3 Å². The minimum absolute atomic E-state index is 0. The van der Waals surface area contributed by atoms with E-state index in [9.17, 15) is 15.0 Å². The van der Waals surface area contributed by atoms with Gasteiger partial charge in [-0.05, 0) is 74.2 Å². The Morgan fingerprint density at radius 3 is 1.47 bits per heavy atom. The monoisotopic (exact) mass is 806 g/mol. The van der Waals surface area contributed by atoms with E-state index < -0.39 is 5.54 Å². The molecule has 1 amide bonds. The zero-order chi connectivity index (χ0) is 40.1. The van der Waals surface area contributed by atoms with Crippen molar-refractivity contribution in [1.29, 1.82) is 0 Å². The molecule has 1 fully saturated rings. The summed E-state index contributed by atoms with van der Waals surface area (Å²) in [5.74, 6) is 2.01. The third-order valence-corrected chi connectivity index (χ3v) is 11.1. The highest BCUT2D eigenvalue weighted by molar-refractivity contribution is 5.94.